The Bertz CT molecular complexity index is 531. The molecule has 2 aromatic rings. The summed E-state index contributed by atoms with van der Waals surface area (Å²) < 4.78 is 5.07. The maximum absolute atomic E-state index is 11.9. The van der Waals surface area contributed by atoms with E-state index in [1.54, 1.807) is 37.3 Å². The fourth-order valence-corrected chi connectivity index (χ4v) is 1.57. The SMILES string of the molecule is Cc1occc1C(=O)Nc1cccc(CO)c1. The molecule has 0 radical (unpaired) electrons. The van der Waals surface area contributed by atoms with Crippen LogP contribution >= 0.6 is 0 Å². The van der Waals surface area contributed by atoms with Gasteiger partial charge in [0.05, 0.1) is 18.4 Å². The van der Waals surface area contributed by atoms with Gasteiger partial charge in [0.2, 0.25) is 0 Å². The van der Waals surface area contributed by atoms with E-state index in [0.29, 0.717) is 17.0 Å². The lowest BCUT2D eigenvalue weighted by Crippen LogP contribution is -2.12. The molecule has 2 N–H and O–H groups in total. The standard InChI is InChI=1S/C13H13NO3/c1-9-12(5-6-17-9)13(16)14-11-4-2-3-10(7-11)8-15/h2-7,15H,8H2,1H3,(H,14,16). The lowest BCUT2D eigenvalue weighted by atomic mass is 10.2. The molecule has 4 heteroatoms. The molecule has 2 rings (SSSR count). The van der Waals surface area contributed by atoms with E-state index in [0.717, 1.165) is 5.56 Å². The average Bonchev–Trinajstić information content (AvgIpc) is 2.76. The molecule has 0 aliphatic rings. The van der Waals surface area contributed by atoms with Gasteiger partial charge in [-0.3, -0.25) is 4.79 Å². The number of rotatable bonds is 3. The minimum absolute atomic E-state index is 0.0472. The predicted octanol–water partition coefficient (Wildman–Crippen LogP) is 2.33. The number of amides is 1. The van der Waals surface area contributed by atoms with Crippen LogP contribution in [0.5, 0.6) is 0 Å². The molecule has 1 aromatic heterocycles. The number of aliphatic hydroxyl groups excluding tert-OH is 1. The summed E-state index contributed by atoms with van der Waals surface area (Å²) in [4.78, 5) is 11.9. The molecule has 0 aliphatic heterocycles. The summed E-state index contributed by atoms with van der Waals surface area (Å²) in [5.74, 6) is 0.368. The van der Waals surface area contributed by atoms with Gasteiger partial charge in [0.15, 0.2) is 0 Å². The maximum atomic E-state index is 11.9. The van der Waals surface area contributed by atoms with Crippen LogP contribution in [0.3, 0.4) is 0 Å². The fraction of sp³-hybridized carbons (Fsp3) is 0.154. The van der Waals surface area contributed by atoms with Gasteiger partial charge in [0, 0.05) is 5.69 Å². The summed E-state index contributed by atoms with van der Waals surface area (Å²) in [6, 6.07) is 8.70. The molecular formula is C13H13NO3. The van der Waals surface area contributed by atoms with Gasteiger partial charge >= 0.3 is 0 Å². The monoisotopic (exact) mass is 231 g/mol. The van der Waals surface area contributed by atoms with Crippen LogP contribution in [0.15, 0.2) is 41.0 Å². The minimum atomic E-state index is -0.216. The quantitative estimate of drug-likeness (QED) is 0.852. The molecule has 1 aromatic carbocycles. The molecule has 0 atom stereocenters. The molecule has 1 amide bonds. The molecule has 0 unspecified atom stereocenters. The summed E-state index contributed by atoms with van der Waals surface area (Å²) in [5, 5.41) is 11.7. The van der Waals surface area contributed by atoms with Gasteiger partial charge in [-0.1, -0.05) is 12.1 Å². The van der Waals surface area contributed by atoms with Crippen molar-refractivity contribution in [3.05, 3.63) is 53.5 Å². The van der Waals surface area contributed by atoms with Crippen molar-refractivity contribution >= 4 is 11.6 Å². The smallest absolute Gasteiger partial charge is 0.259 e. The molecule has 0 aliphatic carbocycles. The Morgan fingerprint density at radius 1 is 1.41 bits per heavy atom. The van der Waals surface area contributed by atoms with Crippen LogP contribution in [0.2, 0.25) is 0 Å². The highest BCUT2D eigenvalue weighted by Crippen LogP contribution is 2.14. The highest BCUT2D eigenvalue weighted by Gasteiger charge is 2.11. The number of hydrogen-bond acceptors (Lipinski definition) is 3. The van der Waals surface area contributed by atoms with Crippen molar-refractivity contribution in [1.29, 1.82) is 0 Å². The number of nitrogens with one attached hydrogen (secondary N) is 1. The van der Waals surface area contributed by atoms with Crippen molar-refractivity contribution in [2.24, 2.45) is 0 Å². The van der Waals surface area contributed by atoms with E-state index in [4.69, 9.17) is 9.52 Å². The third-order valence-electron chi connectivity index (χ3n) is 2.47. The van der Waals surface area contributed by atoms with E-state index in [2.05, 4.69) is 5.32 Å². The third kappa shape index (κ3) is 2.54. The van der Waals surface area contributed by atoms with Crippen LogP contribution in [0.25, 0.3) is 0 Å². The summed E-state index contributed by atoms with van der Waals surface area (Å²) in [6.07, 6.45) is 1.48. The Balaban J connectivity index is 2.16. The normalized spacial score (nSPS) is 10.2. The van der Waals surface area contributed by atoms with Gasteiger partial charge in [0.25, 0.3) is 5.91 Å². The van der Waals surface area contributed by atoms with Gasteiger partial charge in [-0.25, -0.2) is 0 Å². The van der Waals surface area contributed by atoms with Crippen molar-refractivity contribution < 1.29 is 14.3 Å². The topological polar surface area (TPSA) is 62.5 Å². The van der Waals surface area contributed by atoms with Crippen LogP contribution < -0.4 is 5.32 Å². The van der Waals surface area contributed by atoms with E-state index in [1.807, 2.05) is 0 Å². The predicted molar refractivity (Wildman–Crippen MR) is 63.8 cm³/mol. The first-order valence-electron chi connectivity index (χ1n) is 5.26. The largest absolute Gasteiger partial charge is 0.469 e. The summed E-state index contributed by atoms with van der Waals surface area (Å²) >= 11 is 0. The number of aliphatic hydroxyl groups is 1. The molecule has 0 spiro atoms. The lowest BCUT2D eigenvalue weighted by molar-refractivity contribution is 0.102. The number of furan rings is 1. The van der Waals surface area contributed by atoms with Crippen LogP contribution in [0.1, 0.15) is 21.7 Å². The van der Waals surface area contributed by atoms with E-state index in [1.165, 1.54) is 6.26 Å². The van der Waals surface area contributed by atoms with Gasteiger partial charge < -0.3 is 14.8 Å². The maximum Gasteiger partial charge on any atom is 0.259 e. The van der Waals surface area contributed by atoms with Gasteiger partial charge in [-0.05, 0) is 30.7 Å². The number of carbonyl (C=O) groups excluding carboxylic acids is 1. The molecule has 1 heterocycles. The van der Waals surface area contributed by atoms with Crippen molar-refractivity contribution in [3.8, 4) is 0 Å². The van der Waals surface area contributed by atoms with Crippen molar-refractivity contribution in [3.63, 3.8) is 0 Å². The van der Waals surface area contributed by atoms with Crippen LogP contribution in [0.4, 0.5) is 5.69 Å². The highest BCUT2D eigenvalue weighted by atomic mass is 16.3. The zero-order chi connectivity index (χ0) is 12.3. The molecule has 0 saturated heterocycles. The Labute approximate surface area is 98.9 Å². The first kappa shape index (κ1) is 11.4. The Morgan fingerprint density at radius 3 is 2.88 bits per heavy atom. The van der Waals surface area contributed by atoms with Gasteiger partial charge in [0.1, 0.15) is 5.76 Å². The third-order valence-corrected chi connectivity index (χ3v) is 2.47. The zero-order valence-corrected chi connectivity index (χ0v) is 9.43. The van der Waals surface area contributed by atoms with Crippen molar-refractivity contribution in [2.75, 3.05) is 5.32 Å². The molecule has 0 saturated carbocycles. The molecule has 88 valence electrons. The molecule has 0 fully saturated rings. The molecular weight excluding hydrogens is 218 g/mol. The van der Waals surface area contributed by atoms with Gasteiger partial charge in [-0.15, -0.1) is 0 Å². The first-order valence-corrected chi connectivity index (χ1v) is 5.26. The Kier molecular flexibility index (Phi) is 3.25. The molecule has 17 heavy (non-hydrogen) atoms. The lowest BCUT2D eigenvalue weighted by Gasteiger charge is -2.05. The number of aryl methyl sites for hydroxylation is 1. The van der Waals surface area contributed by atoms with Crippen molar-refractivity contribution in [1.82, 2.24) is 0 Å². The van der Waals surface area contributed by atoms with Crippen molar-refractivity contribution in [2.45, 2.75) is 13.5 Å². The second-order valence-corrected chi connectivity index (χ2v) is 3.70. The molecule has 0 bridgehead atoms. The number of benzene rings is 1. The van der Waals surface area contributed by atoms with Crippen LogP contribution in [-0.4, -0.2) is 11.0 Å². The average molecular weight is 231 g/mol. The fourth-order valence-electron chi connectivity index (χ4n) is 1.57. The summed E-state index contributed by atoms with van der Waals surface area (Å²) in [5.41, 5.74) is 1.92. The van der Waals surface area contributed by atoms with Crippen LogP contribution in [-0.2, 0) is 6.61 Å². The van der Waals surface area contributed by atoms with E-state index < -0.39 is 0 Å². The second kappa shape index (κ2) is 4.84. The van der Waals surface area contributed by atoms with Crippen LogP contribution in [0, 0.1) is 6.92 Å². The Morgan fingerprint density at radius 2 is 2.24 bits per heavy atom. The number of carbonyl (C=O) groups is 1. The van der Waals surface area contributed by atoms with E-state index in [-0.39, 0.29) is 12.5 Å². The minimum Gasteiger partial charge on any atom is -0.469 e. The highest BCUT2D eigenvalue weighted by molar-refractivity contribution is 6.04. The first-order chi connectivity index (χ1) is 8.20. The second-order valence-electron chi connectivity index (χ2n) is 3.70. The van der Waals surface area contributed by atoms with Gasteiger partial charge in [-0.2, -0.15) is 0 Å². The number of hydrogen-bond donors (Lipinski definition) is 2. The molecule has 4 nitrogen and oxygen atoms in total. The zero-order valence-electron chi connectivity index (χ0n) is 9.43. The Hall–Kier alpha value is -2.07. The summed E-state index contributed by atoms with van der Waals surface area (Å²) in [6.45, 7) is 1.69. The van der Waals surface area contributed by atoms with E-state index in [9.17, 15) is 4.79 Å². The van der Waals surface area contributed by atoms with E-state index >= 15 is 0 Å². The number of anilines is 1. The summed E-state index contributed by atoms with van der Waals surface area (Å²) in [7, 11) is 0.